The summed E-state index contributed by atoms with van der Waals surface area (Å²) in [5.74, 6) is 0.00626. The predicted molar refractivity (Wildman–Crippen MR) is 166 cm³/mol. The number of fused-ring (bicyclic) bond motifs is 1. The van der Waals surface area contributed by atoms with Crippen LogP contribution in [-0.4, -0.2) is 26.8 Å². The van der Waals surface area contributed by atoms with E-state index in [0.29, 0.717) is 60.4 Å². The lowest BCUT2D eigenvalue weighted by Gasteiger charge is -2.18. The summed E-state index contributed by atoms with van der Waals surface area (Å²) in [5, 5.41) is 1.83. The molecule has 226 valence electrons. The first-order valence-corrected chi connectivity index (χ1v) is 16.0. The van der Waals surface area contributed by atoms with Gasteiger partial charge >= 0.3 is 5.97 Å². The van der Waals surface area contributed by atoms with Crippen molar-refractivity contribution < 1.29 is 36.1 Å². The third-order valence-electron chi connectivity index (χ3n) is 5.86. The molecule has 0 radical (unpaired) electrons. The van der Waals surface area contributed by atoms with Crippen LogP contribution < -0.4 is 4.74 Å². The van der Waals surface area contributed by atoms with Crippen LogP contribution in [0.1, 0.15) is 50.0 Å². The van der Waals surface area contributed by atoms with Crippen LogP contribution >= 0.6 is 35.2 Å². The highest BCUT2D eigenvalue weighted by molar-refractivity contribution is 7.94. The Labute approximate surface area is 264 Å². The highest BCUT2D eigenvalue weighted by Gasteiger charge is 2.23. The van der Waals surface area contributed by atoms with Gasteiger partial charge in [0.1, 0.15) is 11.5 Å². The minimum Gasteiger partial charge on any atom is -0.457 e. The van der Waals surface area contributed by atoms with E-state index in [-0.39, 0.29) is 29.1 Å². The first-order valence-electron chi connectivity index (χ1n) is 13.0. The number of benzene rings is 4. The Kier molecular flexibility index (Phi) is 10.4. The first-order chi connectivity index (χ1) is 20.3. The van der Waals surface area contributed by atoms with Crippen molar-refractivity contribution in [2.24, 2.45) is 5.41 Å². The van der Waals surface area contributed by atoms with Gasteiger partial charge in [-0.15, -0.1) is 4.33 Å². The molecule has 0 heterocycles. The van der Waals surface area contributed by atoms with Crippen molar-refractivity contribution in [1.29, 1.82) is 0 Å². The topological polar surface area (TPSA) is 105 Å². The van der Waals surface area contributed by atoms with E-state index in [0.717, 1.165) is 0 Å². The minimum absolute atomic E-state index is 0.0102. The summed E-state index contributed by atoms with van der Waals surface area (Å²) >= 11 is 12.9. The van der Waals surface area contributed by atoms with Gasteiger partial charge in [0, 0.05) is 32.9 Å². The first kappa shape index (κ1) is 32.8. The molecule has 0 aromatic heterocycles. The van der Waals surface area contributed by atoms with Crippen LogP contribution in [0.2, 0.25) is 10.0 Å². The molecule has 0 fully saturated rings. The molecule has 0 unspecified atom stereocenters. The summed E-state index contributed by atoms with van der Waals surface area (Å²) in [5.41, 5.74) is 0.313. The molecule has 43 heavy (non-hydrogen) atoms. The zero-order valence-electron chi connectivity index (χ0n) is 23.7. The summed E-state index contributed by atoms with van der Waals surface area (Å²) in [4.78, 5) is 29.5. The van der Waals surface area contributed by atoms with Gasteiger partial charge in [0.2, 0.25) is 0 Å². The quantitative estimate of drug-likeness (QED) is 0.0512. The van der Waals surface area contributed by atoms with Gasteiger partial charge in [0.25, 0.3) is 10.1 Å². The molecule has 0 atom stereocenters. The normalized spacial score (nSPS) is 11.9. The van der Waals surface area contributed by atoms with Crippen molar-refractivity contribution >= 4 is 67.9 Å². The lowest BCUT2D eigenvalue weighted by Crippen LogP contribution is -2.18. The predicted octanol–water partition coefficient (Wildman–Crippen LogP) is 8.81. The van der Waals surface area contributed by atoms with E-state index in [2.05, 4.69) is 0 Å². The Bertz CT molecular complexity index is 1770. The van der Waals surface area contributed by atoms with Crippen LogP contribution in [0.5, 0.6) is 11.5 Å². The number of rotatable bonds is 11. The van der Waals surface area contributed by atoms with Crippen LogP contribution in [0.15, 0.2) is 82.6 Å². The standard InChI is InChI=1S/C31H28Cl2O8S2/c1-5-29(34)40-41-42-28-17-24(43(36,37)38-18-31(2,3)4)14-20-8-12-23(16-25(20)28)39-22-10-6-19(7-11-22)30(35)26-15-21(32)9-13-27(26)33/h6-17H,5,18H2,1-4H3. The minimum atomic E-state index is -4.10. The van der Waals surface area contributed by atoms with Crippen LogP contribution in [0.3, 0.4) is 0 Å². The number of carbonyl (C=O) groups excluding carboxylic acids is 2. The molecule has 0 aliphatic carbocycles. The van der Waals surface area contributed by atoms with Gasteiger partial charge < -0.3 is 4.74 Å². The second-order valence-corrected chi connectivity index (χ2v) is 13.8. The maximum atomic E-state index is 13.0. The van der Waals surface area contributed by atoms with Crippen molar-refractivity contribution in [1.82, 2.24) is 0 Å². The average molecular weight is 664 g/mol. The highest BCUT2D eigenvalue weighted by Crippen LogP contribution is 2.36. The Balaban J connectivity index is 1.62. The SMILES string of the molecule is CCC(=O)OOSc1cc(S(=O)(=O)OCC(C)(C)C)cc2ccc(Oc3ccc(C(=O)c4cc(Cl)ccc4Cl)cc3)cc12. The monoisotopic (exact) mass is 662 g/mol. The van der Waals surface area contributed by atoms with Crippen LogP contribution in [0.25, 0.3) is 10.8 Å². The number of hydrogen-bond acceptors (Lipinski definition) is 9. The lowest BCUT2D eigenvalue weighted by atomic mass is 9.99. The molecule has 4 aromatic carbocycles. The molecule has 0 bridgehead atoms. The molecule has 12 heteroatoms. The van der Waals surface area contributed by atoms with Crippen LogP contribution in [-0.2, 0) is 28.3 Å². The van der Waals surface area contributed by atoms with Crippen molar-refractivity contribution in [3.63, 3.8) is 0 Å². The van der Waals surface area contributed by atoms with E-state index in [1.165, 1.54) is 18.2 Å². The maximum absolute atomic E-state index is 13.0. The second-order valence-electron chi connectivity index (χ2n) is 10.6. The Morgan fingerprint density at radius 1 is 0.884 bits per heavy atom. The van der Waals surface area contributed by atoms with Gasteiger partial charge in [-0.3, -0.25) is 13.9 Å². The molecule has 0 amide bonds. The molecule has 4 aromatic rings. The molecule has 0 saturated heterocycles. The Hall–Kier alpha value is -3.12. The zero-order chi connectivity index (χ0) is 31.4. The highest BCUT2D eigenvalue weighted by atomic mass is 35.5. The smallest absolute Gasteiger partial charge is 0.343 e. The number of halogens is 2. The van der Waals surface area contributed by atoms with E-state index in [1.54, 1.807) is 61.5 Å². The van der Waals surface area contributed by atoms with Gasteiger partial charge in [-0.2, -0.15) is 8.42 Å². The third-order valence-corrected chi connectivity index (χ3v) is 8.32. The van der Waals surface area contributed by atoms with Crippen molar-refractivity contribution in [2.45, 2.75) is 43.9 Å². The lowest BCUT2D eigenvalue weighted by molar-refractivity contribution is -0.205. The van der Waals surface area contributed by atoms with E-state index < -0.39 is 16.1 Å². The van der Waals surface area contributed by atoms with Crippen LogP contribution in [0, 0.1) is 5.41 Å². The van der Waals surface area contributed by atoms with Crippen LogP contribution in [0.4, 0.5) is 0 Å². The second kappa shape index (κ2) is 13.7. The van der Waals surface area contributed by atoms with Gasteiger partial charge in [0.15, 0.2) is 5.78 Å². The summed E-state index contributed by atoms with van der Waals surface area (Å²) in [6, 6.07) is 19.1. The summed E-state index contributed by atoms with van der Waals surface area (Å²) in [6.45, 7) is 7.19. The molecule has 4 rings (SSSR count). The summed E-state index contributed by atoms with van der Waals surface area (Å²) in [7, 11) is -4.10. The number of carbonyl (C=O) groups is 2. The summed E-state index contributed by atoms with van der Waals surface area (Å²) < 4.78 is 42.3. The molecule has 8 nitrogen and oxygen atoms in total. The fourth-order valence-electron chi connectivity index (χ4n) is 3.66. The number of hydrogen-bond donors (Lipinski definition) is 0. The van der Waals surface area contributed by atoms with Gasteiger partial charge in [0.05, 0.1) is 28.6 Å². The fourth-order valence-corrected chi connectivity index (χ4v) is 5.92. The fraction of sp³-hybridized carbons (Fsp3) is 0.226. The van der Waals surface area contributed by atoms with Gasteiger partial charge in [-0.1, -0.05) is 57.0 Å². The Morgan fingerprint density at radius 3 is 2.26 bits per heavy atom. The number of ketones is 1. The molecule has 0 aliphatic heterocycles. The maximum Gasteiger partial charge on any atom is 0.343 e. The van der Waals surface area contributed by atoms with Gasteiger partial charge in [-0.05, 0) is 77.5 Å². The Morgan fingerprint density at radius 2 is 1.58 bits per heavy atom. The largest absolute Gasteiger partial charge is 0.457 e. The van der Waals surface area contributed by atoms with Crippen molar-refractivity contribution in [3.8, 4) is 11.5 Å². The molecule has 0 N–H and O–H groups in total. The van der Waals surface area contributed by atoms with Crippen molar-refractivity contribution in [3.05, 3.63) is 94.0 Å². The van der Waals surface area contributed by atoms with Crippen molar-refractivity contribution in [2.75, 3.05) is 6.61 Å². The van der Waals surface area contributed by atoms with Gasteiger partial charge in [-0.25, -0.2) is 4.79 Å². The molecule has 0 spiro atoms. The zero-order valence-corrected chi connectivity index (χ0v) is 26.8. The molecule has 0 aliphatic rings. The average Bonchev–Trinajstić information content (AvgIpc) is 2.97. The van der Waals surface area contributed by atoms with E-state index in [1.807, 2.05) is 20.8 Å². The molecular formula is C31H28Cl2O8S2. The van der Waals surface area contributed by atoms with E-state index >= 15 is 0 Å². The molecule has 0 saturated carbocycles. The van der Waals surface area contributed by atoms with E-state index in [9.17, 15) is 18.0 Å². The van der Waals surface area contributed by atoms with E-state index in [4.69, 9.17) is 41.3 Å². The third kappa shape index (κ3) is 8.72. The molecular weight excluding hydrogens is 635 g/mol. The summed E-state index contributed by atoms with van der Waals surface area (Å²) in [6.07, 6.45) is 0.102. The number of ether oxygens (including phenoxy) is 1.